The maximum absolute atomic E-state index is 12.1. The first-order chi connectivity index (χ1) is 13.0. The molecule has 27 heavy (non-hydrogen) atoms. The second-order valence-corrected chi connectivity index (χ2v) is 6.88. The summed E-state index contributed by atoms with van der Waals surface area (Å²) in [7, 11) is 0. The molecule has 3 rings (SSSR count). The van der Waals surface area contributed by atoms with Crippen LogP contribution in [-0.2, 0) is 4.79 Å². The van der Waals surface area contributed by atoms with Crippen molar-refractivity contribution in [1.82, 2.24) is 15.8 Å². The SMILES string of the molecule is Cc1cc(C)cc(OCC(=O)NNC(=O)c2csc(-c3ccccc3)n2)c1. The third-order valence-electron chi connectivity index (χ3n) is 3.64. The van der Waals surface area contributed by atoms with Crippen LogP contribution in [0.15, 0.2) is 53.9 Å². The Morgan fingerprint density at radius 3 is 2.44 bits per heavy atom. The summed E-state index contributed by atoms with van der Waals surface area (Å²) in [5.41, 5.74) is 7.97. The van der Waals surface area contributed by atoms with Gasteiger partial charge in [-0.25, -0.2) is 4.98 Å². The highest BCUT2D eigenvalue weighted by Gasteiger charge is 2.13. The average molecular weight is 381 g/mol. The summed E-state index contributed by atoms with van der Waals surface area (Å²) in [5.74, 6) is -0.324. The van der Waals surface area contributed by atoms with Crippen LogP contribution in [0, 0.1) is 13.8 Å². The Bertz CT molecular complexity index is 934. The van der Waals surface area contributed by atoms with Crippen molar-refractivity contribution in [2.24, 2.45) is 0 Å². The summed E-state index contributed by atoms with van der Waals surface area (Å²) in [6, 6.07) is 15.3. The molecule has 138 valence electrons. The molecule has 0 radical (unpaired) electrons. The van der Waals surface area contributed by atoms with E-state index in [1.807, 2.05) is 62.4 Å². The van der Waals surface area contributed by atoms with Crippen LogP contribution in [0.2, 0.25) is 0 Å². The molecule has 0 bridgehead atoms. The standard InChI is InChI=1S/C20H19N3O3S/c1-13-8-14(2)10-16(9-13)26-11-18(24)22-23-19(25)17-12-27-20(21-17)15-6-4-3-5-7-15/h3-10,12H,11H2,1-2H3,(H,22,24)(H,23,25). The zero-order valence-electron chi connectivity index (χ0n) is 15.0. The summed E-state index contributed by atoms with van der Waals surface area (Å²) in [4.78, 5) is 28.3. The van der Waals surface area contributed by atoms with Crippen LogP contribution in [0.3, 0.4) is 0 Å². The van der Waals surface area contributed by atoms with Crippen molar-refractivity contribution in [2.75, 3.05) is 6.61 Å². The van der Waals surface area contributed by atoms with Crippen LogP contribution < -0.4 is 15.6 Å². The van der Waals surface area contributed by atoms with Crippen LogP contribution in [-0.4, -0.2) is 23.4 Å². The molecule has 1 heterocycles. The van der Waals surface area contributed by atoms with Crippen molar-refractivity contribution in [3.05, 3.63) is 70.7 Å². The molecule has 0 aliphatic heterocycles. The second kappa shape index (κ2) is 8.46. The molecule has 0 saturated carbocycles. The molecule has 6 nitrogen and oxygen atoms in total. The maximum atomic E-state index is 12.1. The van der Waals surface area contributed by atoms with Crippen molar-refractivity contribution in [3.63, 3.8) is 0 Å². The van der Waals surface area contributed by atoms with Gasteiger partial charge in [0.25, 0.3) is 11.8 Å². The average Bonchev–Trinajstić information content (AvgIpc) is 3.15. The van der Waals surface area contributed by atoms with E-state index >= 15 is 0 Å². The molecule has 0 atom stereocenters. The van der Waals surface area contributed by atoms with Gasteiger partial charge in [0.2, 0.25) is 0 Å². The van der Waals surface area contributed by atoms with E-state index in [1.54, 1.807) is 5.38 Å². The lowest BCUT2D eigenvalue weighted by molar-refractivity contribution is -0.123. The minimum absolute atomic E-state index is 0.199. The topological polar surface area (TPSA) is 80.3 Å². The lowest BCUT2D eigenvalue weighted by Gasteiger charge is -2.09. The summed E-state index contributed by atoms with van der Waals surface area (Å²) >= 11 is 1.37. The Labute approximate surface area is 161 Å². The van der Waals surface area contributed by atoms with Gasteiger partial charge in [-0.3, -0.25) is 20.4 Å². The Balaban J connectivity index is 1.50. The van der Waals surface area contributed by atoms with Crippen LogP contribution in [0.4, 0.5) is 0 Å². The number of carbonyl (C=O) groups excluding carboxylic acids is 2. The van der Waals surface area contributed by atoms with Crippen LogP contribution in [0.25, 0.3) is 10.6 Å². The van der Waals surface area contributed by atoms with E-state index in [9.17, 15) is 9.59 Å². The monoisotopic (exact) mass is 381 g/mol. The minimum atomic E-state index is -0.479. The summed E-state index contributed by atoms with van der Waals surface area (Å²) in [6.07, 6.45) is 0. The lowest BCUT2D eigenvalue weighted by atomic mass is 10.1. The number of aryl methyl sites for hydroxylation is 2. The molecule has 0 aliphatic rings. The predicted octanol–water partition coefficient (Wildman–Crippen LogP) is 3.27. The summed E-state index contributed by atoms with van der Waals surface area (Å²) < 4.78 is 5.45. The van der Waals surface area contributed by atoms with Gasteiger partial charge in [0.1, 0.15) is 16.5 Å². The molecule has 2 aromatic carbocycles. The van der Waals surface area contributed by atoms with E-state index in [-0.39, 0.29) is 12.3 Å². The fourth-order valence-electron chi connectivity index (χ4n) is 2.48. The molecule has 0 aliphatic carbocycles. The van der Waals surface area contributed by atoms with Gasteiger partial charge >= 0.3 is 0 Å². The number of hydrazine groups is 1. The Morgan fingerprint density at radius 1 is 1.04 bits per heavy atom. The third kappa shape index (κ3) is 5.15. The smallest absolute Gasteiger partial charge is 0.289 e. The molecule has 1 aromatic heterocycles. The normalized spacial score (nSPS) is 10.3. The van der Waals surface area contributed by atoms with Gasteiger partial charge in [0, 0.05) is 10.9 Å². The number of amides is 2. The Hall–Kier alpha value is -3.19. The molecule has 0 fully saturated rings. The van der Waals surface area contributed by atoms with Crippen molar-refractivity contribution < 1.29 is 14.3 Å². The number of carbonyl (C=O) groups is 2. The number of hydrogen-bond acceptors (Lipinski definition) is 5. The summed E-state index contributed by atoms with van der Waals surface area (Å²) in [5, 5.41) is 2.39. The number of aromatic nitrogens is 1. The number of nitrogens with zero attached hydrogens (tertiary/aromatic N) is 1. The van der Waals surface area contributed by atoms with E-state index in [0.29, 0.717) is 5.75 Å². The van der Waals surface area contributed by atoms with Crippen LogP contribution >= 0.6 is 11.3 Å². The number of rotatable bonds is 5. The maximum Gasteiger partial charge on any atom is 0.289 e. The van der Waals surface area contributed by atoms with E-state index < -0.39 is 11.8 Å². The van der Waals surface area contributed by atoms with Gasteiger partial charge < -0.3 is 4.74 Å². The van der Waals surface area contributed by atoms with Gasteiger partial charge in [0.05, 0.1) is 0 Å². The van der Waals surface area contributed by atoms with Gasteiger partial charge in [0.15, 0.2) is 6.61 Å². The fraction of sp³-hybridized carbons (Fsp3) is 0.150. The highest BCUT2D eigenvalue weighted by Crippen LogP contribution is 2.23. The second-order valence-electron chi connectivity index (χ2n) is 6.02. The minimum Gasteiger partial charge on any atom is -0.484 e. The van der Waals surface area contributed by atoms with Gasteiger partial charge in [-0.05, 0) is 37.1 Å². The van der Waals surface area contributed by atoms with E-state index in [4.69, 9.17) is 4.74 Å². The van der Waals surface area contributed by atoms with E-state index in [1.165, 1.54) is 11.3 Å². The molecular weight excluding hydrogens is 362 g/mol. The number of nitrogens with one attached hydrogen (secondary N) is 2. The molecule has 0 saturated heterocycles. The lowest BCUT2D eigenvalue weighted by Crippen LogP contribution is -2.43. The highest BCUT2D eigenvalue weighted by atomic mass is 32.1. The van der Waals surface area contributed by atoms with Crippen molar-refractivity contribution in [1.29, 1.82) is 0 Å². The molecule has 7 heteroatoms. The molecule has 2 amide bonds. The van der Waals surface area contributed by atoms with Crippen LogP contribution in [0.1, 0.15) is 21.6 Å². The predicted molar refractivity (Wildman–Crippen MR) is 105 cm³/mol. The van der Waals surface area contributed by atoms with Gasteiger partial charge in [-0.1, -0.05) is 36.4 Å². The zero-order chi connectivity index (χ0) is 19.2. The molecule has 0 spiro atoms. The van der Waals surface area contributed by atoms with Gasteiger partial charge in [-0.2, -0.15) is 0 Å². The van der Waals surface area contributed by atoms with Crippen molar-refractivity contribution in [3.8, 4) is 16.3 Å². The first kappa shape index (κ1) is 18.6. The molecule has 3 aromatic rings. The Kier molecular flexibility index (Phi) is 5.83. The molecular formula is C20H19N3O3S. The third-order valence-corrected chi connectivity index (χ3v) is 4.53. The number of benzene rings is 2. The summed E-state index contributed by atoms with van der Waals surface area (Å²) in [6.45, 7) is 3.71. The first-order valence-electron chi connectivity index (χ1n) is 8.32. The largest absolute Gasteiger partial charge is 0.484 e. The Morgan fingerprint density at radius 2 is 1.74 bits per heavy atom. The number of ether oxygens (including phenoxy) is 1. The number of thiazole rings is 1. The van der Waals surface area contributed by atoms with Crippen molar-refractivity contribution >= 4 is 23.2 Å². The molecule has 0 unspecified atom stereocenters. The van der Waals surface area contributed by atoms with E-state index in [0.717, 1.165) is 21.7 Å². The molecule has 2 N–H and O–H groups in total. The highest BCUT2D eigenvalue weighted by molar-refractivity contribution is 7.13. The van der Waals surface area contributed by atoms with Crippen molar-refractivity contribution in [2.45, 2.75) is 13.8 Å². The zero-order valence-corrected chi connectivity index (χ0v) is 15.8. The first-order valence-corrected chi connectivity index (χ1v) is 9.20. The van der Waals surface area contributed by atoms with Crippen LogP contribution in [0.5, 0.6) is 5.75 Å². The van der Waals surface area contributed by atoms with Gasteiger partial charge in [-0.15, -0.1) is 11.3 Å². The number of hydrogen-bond donors (Lipinski definition) is 2. The quantitative estimate of drug-likeness (QED) is 0.665. The van der Waals surface area contributed by atoms with E-state index in [2.05, 4.69) is 15.8 Å². The fourth-order valence-corrected chi connectivity index (χ4v) is 3.29.